The van der Waals surface area contributed by atoms with E-state index in [4.69, 9.17) is 0 Å². The van der Waals surface area contributed by atoms with Crippen molar-refractivity contribution in [2.24, 2.45) is 5.92 Å². The van der Waals surface area contributed by atoms with Crippen LogP contribution in [0.3, 0.4) is 0 Å². The molecule has 1 aliphatic rings. The zero-order chi connectivity index (χ0) is 9.68. The van der Waals surface area contributed by atoms with E-state index in [0.29, 0.717) is 12.3 Å². The highest BCUT2D eigenvalue weighted by molar-refractivity contribution is 5.70. The SMILES string of the molecule is CC=C1CCCCC1CC(=O)OC. The van der Waals surface area contributed by atoms with Crippen LogP contribution in [0.5, 0.6) is 0 Å². The van der Waals surface area contributed by atoms with Crippen molar-refractivity contribution in [2.45, 2.75) is 39.0 Å². The first-order chi connectivity index (χ1) is 6.27. The number of allylic oxidation sites excluding steroid dienone is 2. The fourth-order valence-corrected chi connectivity index (χ4v) is 2.01. The molecule has 2 nitrogen and oxygen atoms in total. The van der Waals surface area contributed by atoms with Crippen LogP contribution in [-0.4, -0.2) is 13.1 Å². The zero-order valence-electron chi connectivity index (χ0n) is 8.51. The molecule has 0 saturated heterocycles. The minimum Gasteiger partial charge on any atom is -0.469 e. The highest BCUT2D eigenvalue weighted by Gasteiger charge is 2.21. The van der Waals surface area contributed by atoms with Gasteiger partial charge in [0, 0.05) is 0 Å². The van der Waals surface area contributed by atoms with Gasteiger partial charge in [-0.2, -0.15) is 0 Å². The summed E-state index contributed by atoms with van der Waals surface area (Å²) in [5.74, 6) is 0.373. The number of methoxy groups -OCH3 is 1. The van der Waals surface area contributed by atoms with E-state index in [1.807, 2.05) is 0 Å². The largest absolute Gasteiger partial charge is 0.469 e. The summed E-state index contributed by atoms with van der Waals surface area (Å²) in [6.45, 7) is 2.06. The van der Waals surface area contributed by atoms with Crippen molar-refractivity contribution in [3.63, 3.8) is 0 Å². The minimum atomic E-state index is -0.0775. The molecule has 1 unspecified atom stereocenters. The van der Waals surface area contributed by atoms with E-state index in [1.54, 1.807) is 0 Å². The Bertz CT molecular complexity index is 206. The Labute approximate surface area is 80.0 Å². The van der Waals surface area contributed by atoms with Gasteiger partial charge >= 0.3 is 5.97 Å². The van der Waals surface area contributed by atoms with Crippen LogP contribution in [0.2, 0.25) is 0 Å². The second kappa shape index (κ2) is 5.05. The normalized spacial score (nSPS) is 26.0. The molecule has 74 valence electrons. The molecule has 0 radical (unpaired) electrons. The van der Waals surface area contributed by atoms with Crippen molar-refractivity contribution in [1.29, 1.82) is 0 Å². The van der Waals surface area contributed by atoms with Gasteiger partial charge in [-0.1, -0.05) is 18.1 Å². The van der Waals surface area contributed by atoms with E-state index in [9.17, 15) is 4.79 Å². The monoisotopic (exact) mass is 182 g/mol. The van der Waals surface area contributed by atoms with Gasteiger partial charge in [-0.25, -0.2) is 0 Å². The average molecular weight is 182 g/mol. The van der Waals surface area contributed by atoms with E-state index in [0.717, 1.165) is 12.8 Å². The summed E-state index contributed by atoms with van der Waals surface area (Å²) >= 11 is 0. The van der Waals surface area contributed by atoms with Crippen LogP contribution < -0.4 is 0 Å². The minimum absolute atomic E-state index is 0.0775. The number of hydrogen-bond donors (Lipinski definition) is 0. The Kier molecular flexibility index (Phi) is 4.00. The van der Waals surface area contributed by atoms with Crippen LogP contribution in [0.1, 0.15) is 39.0 Å². The molecule has 1 aliphatic carbocycles. The number of esters is 1. The summed E-state index contributed by atoms with van der Waals surface area (Å²) in [5, 5.41) is 0. The lowest BCUT2D eigenvalue weighted by Crippen LogP contribution is -2.15. The van der Waals surface area contributed by atoms with Crippen molar-refractivity contribution >= 4 is 5.97 Å². The first kappa shape index (κ1) is 10.3. The third kappa shape index (κ3) is 2.87. The predicted octanol–water partition coefficient (Wildman–Crippen LogP) is 2.69. The molecule has 1 atom stereocenters. The quantitative estimate of drug-likeness (QED) is 0.485. The van der Waals surface area contributed by atoms with Crippen molar-refractivity contribution < 1.29 is 9.53 Å². The van der Waals surface area contributed by atoms with Gasteiger partial charge in [0.1, 0.15) is 0 Å². The maximum absolute atomic E-state index is 11.1. The van der Waals surface area contributed by atoms with E-state index in [2.05, 4.69) is 17.7 Å². The van der Waals surface area contributed by atoms with Gasteiger partial charge in [-0.3, -0.25) is 4.79 Å². The number of carbonyl (C=O) groups excluding carboxylic acids is 1. The van der Waals surface area contributed by atoms with Crippen LogP contribution in [0, 0.1) is 5.92 Å². The van der Waals surface area contributed by atoms with Crippen LogP contribution in [-0.2, 0) is 9.53 Å². The van der Waals surface area contributed by atoms with Gasteiger partial charge in [-0.05, 0) is 32.1 Å². The third-order valence-corrected chi connectivity index (χ3v) is 2.80. The predicted molar refractivity (Wildman–Crippen MR) is 52.3 cm³/mol. The van der Waals surface area contributed by atoms with Crippen LogP contribution >= 0.6 is 0 Å². The molecule has 0 N–H and O–H groups in total. The molecule has 0 aromatic carbocycles. The second-order valence-electron chi connectivity index (χ2n) is 3.59. The maximum atomic E-state index is 11.1. The van der Waals surface area contributed by atoms with Crippen LogP contribution in [0.15, 0.2) is 11.6 Å². The van der Waals surface area contributed by atoms with Gasteiger partial charge in [0.15, 0.2) is 0 Å². The lowest BCUT2D eigenvalue weighted by atomic mass is 9.82. The molecule has 1 fully saturated rings. The molecule has 2 heteroatoms. The Morgan fingerprint density at radius 2 is 2.38 bits per heavy atom. The summed E-state index contributed by atoms with van der Waals surface area (Å²) in [6, 6.07) is 0. The highest BCUT2D eigenvalue weighted by Crippen LogP contribution is 2.31. The van der Waals surface area contributed by atoms with Crippen molar-refractivity contribution in [3.8, 4) is 0 Å². The molecule has 1 rings (SSSR count). The Morgan fingerprint density at radius 1 is 1.62 bits per heavy atom. The first-order valence-corrected chi connectivity index (χ1v) is 4.99. The van der Waals surface area contributed by atoms with Gasteiger partial charge in [0.25, 0.3) is 0 Å². The molecular formula is C11H18O2. The molecular weight excluding hydrogens is 164 g/mol. The molecule has 0 aromatic rings. The summed E-state index contributed by atoms with van der Waals surface area (Å²) in [5.41, 5.74) is 1.44. The maximum Gasteiger partial charge on any atom is 0.306 e. The van der Waals surface area contributed by atoms with Crippen molar-refractivity contribution in [2.75, 3.05) is 7.11 Å². The summed E-state index contributed by atoms with van der Waals surface area (Å²) in [6.07, 6.45) is 7.56. The molecule has 1 saturated carbocycles. The third-order valence-electron chi connectivity index (χ3n) is 2.80. The second-order valence-corrected chi connectivity index (χ2v) is 3.59. The lowest BCUT2D eigenvalue weighted by Gasteiger charge is -2.24. The molecule has 0 spiro atoms. The van der Waals surface area contributed by atoms with E-state index < -0.39 is 0 Å². The van der Waals surface area contributed by atoms with Crippen LogP contribution in [0.25, 0.3) is 0 Å². The number of ether oxygens (including phenoxy) is 1. The van der Waals surface area contributed by atoms with Crippen LogP contribution in [0.4, 0.5) is 0 Å². The number of hydrogen-bond acceptors (Lipinski definition) is 2. The molecule has 0 bridgehead atoms. The molecule has 0 aromatic heterocycles. The molecule has 0 aliphatic heterocycles. The summed E-state index contributed by atoms with van der Waals surface area (Å²) in [7, 11) is 1.46. The summed E-state index contributed by atoms with van der Waals surface area (Å²) in [4.78, 5) is 11.1. The fraction of sp³-hybridized carbons (Fsp3) is 0.727. The highest BCUT2D eigenvalue weighted by atomic mass is 16.5. The standard InChI is InChI=1S/C11H18O2/c1-3-9-6-4-5-7-10(9)8-11(12)13-2/h3,10H,4-8H2,1-2H3. The van der Waals surface area contributed by atoms with Gasteiger partial charge in [0.2, 0.25) is 0 Å². The van der Waals surface area contributed by atoms with Gasteiger partial charge in [0.05, 0.1) is 13.5 Å². The topological polar surface area (TPSA) is 26.3 Å². The van der Waals surface area contributed by atoms with E-state index in [-0.39, 0.29) is 5.97 Å². The number of carbonyl (C=O) groups is 1. The Hall–Kier alpha value is -0.790. The fourth-order valence-electron chi connectivity index (χ4n) is 2.01. The molecule has 0 heterocycles. The van der Waals surface area contributed by atoms with Gasteiger partial charge in [-0.15, -0.1) is 0 Å². The average Bonchev–Trinajstić information content (AvgIpc) is 2.18. The summed E-state index contributed by atoms with van der Waals surface area (Å²) < 4.78 is 4.68. The Balaban J connectivity index is 2.50. The van der Waals surface area contributed by atoms with E-state index in [1.165, 1.54) is 25.5 Å². The first-order valence-electron chi connectivity index (χ1n) is 4.99. The molecule has 0 amide bonds. The van der Waals surface area contributed by atoms with Crippen molar-refractivity contribution in [3.05, 3.63) is 11.6 Å². The zero-order valence-corrected chi connectivity index (χ0v) is 8.51. The van der Waals surface area contributed by atoms with Crippen molar-refractivity contribution in [1.82, 2.24) is 0 Å². The number of rotatable bonds is 2. The lowest BCUT2D eigenvalue weighted by molar-refractivity contribution is -0.141. The molecule has 13 heavy (non-hydrogen) atoms. The smallest absolute Gasteiger partial charge is 0.306 e. The van der Waals surface area contributed by atoms with Gasteiger partial charge < -0.3 is 4.74 Å². The van der Waals surface area contributed by atoms with E-state index >= 15 is 0 Å². The Morgan fingerprint density at radius 3 is 3.00 bits per heavy atom.